The van der Waals surface area contributed by atoms with Crippen LogP contribution in [0.5, 0.6) is 0 Å². The zero-order valence-electron chi connectivity index (χ0n) is 10.8. The predicted octanol–water partition coefficient (Wildman–Crippen LogP) is 0.465. The van der Waals surface area contributed by atoms with Crippen molar-refractivity contribution in [2.45, 2.75) is 19.5 Å². The van der Waals surface area contributed by atoms with Crippen molar-refractivity contribution in [2.24, 2.45) is 5.73 Å². The van der Waals surface area contributed by atoms with Gasteiger partial charge in [-0.15, -0.1) is 0 Å². The Kier molecular flexibility index (Phi) is 4.10. The zero-order valence-corrected chi connectivity index (χ0v) is 10.8. The molecule has 0 aliphatic carbocycles. The van der Waals surface area contributed by atoms with Crippen LogP contribution in [0.1, 0.15) is 11.1 Å². The monoisotopic (exact) mass is 234 g/mol. The fourth-order valence-electron chi connectivity index (χ4n) is 2.42. The summed E-state index contributed by atoms with van der Waals surface area (Å²) < 4.78 is 0. The smallest absolute Gasteiger partial charge is 0.0349 e. The summed E-state index contributed by atoms with van der Waals surface area (Å²) in [7, 11) is 2.16. The number of likely N-dealkylation sites (N-methyl/N-ethyl adjacent to an activating group) is 1. The molecule has 4 heteroatoms. The third-order valence-corrected chi connectivity index (χ3v) is 3.40. The fraction of sp³-hybridized carbons (Fsp3) is 0.615. The Morgan fingerprint density at radius 3 is 2.94 bits per heavy atom. The van der Waals surface area contributed by atoms with Crippen LogP contribution < -0.4 is 5.73 Å². The first-order valence-corrected chi connectivity index (χ1v) is 6.22. The number of aromatic nitrogens is 1. The molecule has 1 aromatic heterocycles. The van der Waals surface area contributed by atoms with Crippen molar-refractivity contribution in [1.29, 1.82) is 0 Å². The Morgan fingerprint density at radius 2 is 2.24 bits per heavy atom. The zero-order chi connectivity index (χ0) is 12.3. The lowest BCUT2D eigenvalue weighted by Crippen LogP contribution is -2.54. The number of hydrogen-bond acceptors (Lipinski definition) is 4. The first-order chi connectivity index (χ1) is 8.19. The van der Waals surface area contributed by atoms with Gasteiger partial charge in [0.2, 0.25) is 0 Å². The lowest BCUT2D eigenvalue weighted by molar-refractivity contribution is 0.0880. The second kappa shape index (κ2) is 5.58. The molecule has 1 aromatic rings. The fourth-order valence-corrected chi connectivity index (χ4v) is 2.42. The van der Waals surface area contributed by atoms with Gasteiger partial charge in [-0.3, -0.25) is 9.88 Å². The molecule has 0 saturated carbocycles. The molecule has 2 heterocycles. The molecule has 2 N–H and O–H groups in total. The maximum Gasteiger partial charge on any atom is 0.0349 e. The highest BCUT2D eigenvalue weighted by Crippen LogP contribution is 2.12. The Labute approximate surface area is 103 Å². The number of rotatable bonds is 3. The third-order valence-electron chi connectivity index (χ3n) is 3.40. The number of piperazine rings is 1. The van der Waals surface area contributed by atoms with E-state index in [2.05, 4.69) is 34.8 Å². The molecule has 1 aliphatic heterocycles. The van der Waals surface area contributed by atoms with Crippen molar-refractivity contribution in [2.75, 3.05) is 33.2 Å². The molecule has 1 unspecified atom stereocenters. The molecular formula is C13H22N4. The highest BCUT2D eigenvalue weighted by Gasteiger charge is 2.23. The minimum Gasteiger partial charge on any atom is -0.329 e. The van der Waals surface area contributed by atoms with Gasteiger partial charge in [-0.1, -0.05) is 6.07 Å². The van der Waals surface area contributed by atoms with Gasteiger partial charge in [0.1, 0.15) is 0 Å². The van der Waals surface area contributed by atoms with E-state index >= 15 is 0 Å². The van der Waals surface area contributed by atoms with Gasteiger partial charge < -0.3 is 10.6 Å². The van der Waals surface area contributed by atoms with E-state index in [0.717, 1.165) is 32.7 Å². The second-order valence-corrected chi connectivity index (χ2v) is 4.99. The maximum atomic E-state index is 5.86. The Balaban J connectivity index is 2.02. The van der Waals surface area contributed by atoms with Crippen molar-refractivity contribution in [3.63, 3.8) is 0 Å². The van der Waals surface area contributed by atoms with E-state index < -0.39 is 0 Å². The summed E-state index contributed by atoms with van der Waals surface area (Å²) in [6, 6.07) is 2.67. The van der Waals surface area contributed by atoms with Crippen molar-refractivity contribution >= 4 is 0 Å². The van der Waals surface area contributed by atoms with Crippen LogP contribution in [0, 0.1) is 6.92 Å². The first-order valence-electron chi connectivity index (χ1n) is 6.22. The maximum absolute atomic E-state index is 5.86. The minimum absolute atomic E-state index is 0.467. The highest BCUT2D eigenvalue weighted by molar-refractivity contribution is 5.16. The normalized spacial score (nSPS) is 22.9. The van der Waals surface area contributed by atoms with Crippen LogP contribution in [0.3, 0.4) is 0 Å². The van der Waals surface area contributed by atoms with E-state index in [1.54, 1.807) is 0 Å². The van der Waals surface area contributed by atoms with E-state index in [1.807, 2.05) is 12.4 Å². The van der Waals surface area contributed by atoms with Gasteiger partial charge in [-0.25, -0.2) is 0 Å². The SMILES string of the molecule is Cc1cncc(CN2CCN(C)CC2CN)c1. The molecule has 17 heavy (non-hydrogen) atoms. The Bertz CT molecular complexity index is 366. The van der Waals surface area contributed by atoms with Crippen LogP contribution in [0.4, 0.5) is 0 Å². The number of hydrogen-bond donors (Lipinski definition) is 1. The number of nitrogens with zero attached hydrogens (tertiary/aromatic N) is 3. The average molecular weight is 234 g/mol. The van der Waals surface area contributed by atoms with Gasteiger partial charge in [0.15, 0.2) is 0 Å². The number of nitrogens with two attached hydrogens (primary N) is 1. The highest BCUT2D eigenvalue weighted by atomic mass is 15.3. The van der Waals surface area contributed by atoms with Gasteiger partial charge >= 0.3 is 0 Å². The van der Waals surface area contributed by atoms with E-state index in [9.17, 15) is 0 Å². The molecule has 1 atom stereocenters. The molecule has 1 saturated heterocycles. The molecule has 0 spiro atoms. The standard InChI is InChI=1S/C13H22N4/c1-11-5-12(8-15-7-11)9-17-4-3-16(2)10-13(17)6-14/h5,7-8,13H,3-4,6,9-10,14H2,1-2H3. The lowest BCUT2D eigenvalue weighted by Gasteiger charge is -2.39. The molecule has 1 aliphatic rings. The van der Waals surface area contributed by atoms with Gasteiger partial charge in [-0.2, -0.15) is 0 Å². The summed E-state index contributed by atoms with van der Waals surface area (Å²) >= 11 is 0. The predicted molar refractivity (Wildman–Crippen MR) is 69.7 cm³/mol. The third kappa shape index (κ3) is 3.25. The van der Waals surface area contributed by atoms with Crippen LogP contribution in [-0.2, 0) is 6.54 Å². The molecule has 0 bridgehead atoms. The van der Waals surface area contributed by atoms with Crippen LogP contribution in [0.15, 0.2) is 18.5 Å². The van der Waals surface area contributed by atoms with E-state index in [1.165, 1.54) is 11.1 Å². The Morgan fingerprint density at radius 1 is 1.41 bits per heavy atom. The van der Waals surface area contributed by atoms with Crippen molar-refractivity contribution in [1.82, 2.24) is 14.8 Å². The van der Waals surface area contributed by atoms with Crippen LogP contribution in [-0.4, -0.2) is 54.1 Å². The van der Waals surface area contributed by atoms with Crippen LogP contribution >= 0.6 is 0 Å². The molecule has 1 fully saturated rings. The summed E-state index contributed by atoms with van der Waals surface area (Å²) in [5.41, 5.74) is 8.36. The molecule has 2 rings (SSSR count). The van der Waals surface area contributed by atoms with Gasteiger partial charge in [0, 0.05) is 51.2 Å². The molecule has 94 valence electrons. The van der Waals surface area contributed by atoms with Gasteiger partial charge in [0.25, 0.3) is 0 Å². The first kappa shape index (κ1) is 12.5. The van der Waals surface area contributed by atoms with Gasteiger partial charge in [-0.05, 0) is 25.1 Å². The molecule has 0 amide bonds. The summed E-state index contributed by atoms with van der Waals surface area (Å²) in [5.74, 6) is 0. The molecule has 4 nitrogen and oxygen atoms in total. The van der Waals surface area contributed by atoms with Crippen molar-refractivity contribution < 1.29 is 0 Å². The summed E-state index contributed by atoms with van der Waals surface area (Å²) in [6.45, 7) is 7.05. The Hall–Kier alpha value is -0.970. The summed E-state index contributed by atoms with van der Waals surface area (Å²) in [6.07, 6.45) is 3.85. The second-order valence-electron chi connectivity index (χ2n) is 4.99. The van der Waals surface area contributed by atoms with Crippen LogP contribution in [0.2, 0.25) is 0 Å². The largest absolute Gasteiger partial charge is 0.329 e. The van der Waals surface area contributed by atoms with E-state index in [4.69, 9.17) is 5.73 Å². The quantitative estimate of drug-likeness (QED) is 0.825. The van der Waals surface area contributed by atoms with E-state index in [-0.39, 0.29) is 0 Å². The molecular weight excluding hydrogens is 212 g/mol. The number of pyridine rings is 1. The average Bonchev–Trinajstić information content (AvgIpc) is 2.31. The van der Waals surface area contributed by atoms with Crippen LogP contribution in [0.25, 0.3) is 0 Å². The molecule has 0 aromatic carbocycles. The summed E-state index contributed by atoms with van der Waals surface area (Å²) in [5, 5.41) is 0. The van der Waals surface area contributed by atoms with E-state index in [0.29, 0.717) is 6.04 Å². The molecule has 0 radical (unpaired) electrons. The van der Waals surface area contributed by atoms with Crippen molar-refractivity contribution in [3.05, 3.63) is 29.6 Å². The number of aryl methyl sites for hydroxylation is 1. The van der Waals surface area contributed by atoms with Gasteiger partial charge in [0.05, 0.1) is 0 Å². The summed E-state index contributed by atoms with van der Waals surface area (Å²) in [4.78, 5) is 9.07. The lowest BCUT2D eigenvalue weighted by atomic mass is 10.1. The minimum atomic E-state index is 0.467. The van der Waals surface area contributed by atoms with Crippen molar-refractivity contribution in [3.8, 4) is 0 Å². The topological polar surface area (TPSA) is 45.4 Å².